The first-order valence-corrected chi connectivity index (χ1v) is 8.15. The molecule has 1 aliphatic heterocycles. The van der Waals surface area contributed by atoms with Crippen LogP contribution in [0.25, 0.3) is 0 Å². The number of ether oxygens (including phenoxy) is 2. The van der Waals surface area contributed by atoms with Crippen molar-refractivity contribution in [3.05, 3.63) is 29.8 Å². The third-order valence-corrected chi connectivity index (χ3v) is 3.96. The molecular formula is C18H27NO3. The van der Waals surface area contributed by atoms with Gasteiger partial charge in [-0.15, -0.1) is 0 Å². The van der Waals surface area contributed by atoms with E-state index in [1.165, 1.54) is 0 Å². The van der Waals surface area contributed by atoms with E-state index in [0.29, 0.717) is 19.6 Å². The zero-order chi connectivity index (χ0) is 16.0. The Morgan fingerprint density at radius 3 is 2.68 bits per heavy atom. The second-order valence-electron chi connectivity index (χ2n) is 6.42. The van der Waals surface area contributed by atoms with Gasteiger partial charge in [0.1, 0.15) is 5.75 Å². The highest BCUT2D eigenvalue weighted by Gasteiger charge is 2.31. The van der Waals surface area contributed by atoms with Crippen LogP contribution in [0.3, 0.4) is 0 Å². The molecule has 4 heteroatoms. The third-order valence-electron chi connectivity index (χ3n) is 3.96. The fraction of sp³-hybridized carbons (Fsp3) is 0.611. The summed E-state index contributed by atoms with van der Waals surface area (Å²) in [5.74, 6) is 0.957. The van der Waals surface area contributed by atoms with Crippen molar-refractivity contribution in [2.75, 3.05) is 13.2 Å². The van der Waals surface area contributed by atoms with Crippen molar-refractivity contribution in [1.82, 2.24) is 5.32 Å². The normalized spacial score (nSPS) is 19.9. The molecule has 1 N–H and O–H groups in total. The summed E-state index contributed by atoms with van der Waals surface area (Å²) in [6.45, 7) is 7.45. The third kappa shape index (κ3) is 5.34. The predicted molar refractivity (Wildman–Crippen MR) is 87.1 cm³/mol. The molecular weight excluding hydrogens is 278 g/mol. The lowest BCUT2D eigenvalue weighted by molar-refractivity contribution is -0.122. The zero-order valence-electron chi connectivity index (χ0n) is 13.9. The second-order valence-corrected chi connectivity index (χ2v) is 6.42. The average Bonchev–Trinajstić information content (AvgIpc) is 2.84. The van der Waals surface area contributed by atoms with E-state index in [1.807, 2.05) is 31.2 Å². The van der Waals surface area contributed by atoms with Crippen LogP contribution in [0.15, 0.2) is 24.3 Å². The van der Waals surface area contributed by atoms with Crippen molar-refractivity contribution in [2.45, 2.75) is 58.2 Å². The van der Waals surface area contributed by atoms with E-state index in [0.717, 1.165) is 30.6 Å². The van der Waals surface area contributed by atoms with Crippen LogP contribution < -0.4 is 10.1 Å². The Morgan fingerprint density at radius 2 is 2.09 bits per heavy atom. The molecule has 1 aromatic rings. The SMILES string of the molecule is CCOc1ccc(CCC(=O)NC[C@@H]2CCC(C)(C)O2)cc1. The number of benzene rings is 1. The van der Waals surface area contributed by atoms with Gasteiger partial charge in [-0.1, -0.05) is 12.1 Å². The maximum absolute atomic E-state index is 11.9. The van der Waals surface area contributed by atoms with Gasteiger partial charge in [0.2, 0.25) is 5.91 Å². The smallest absolute Gasteiger partial charge is 0.220 e. The molecule has 0 aliphatic carbocycles. The Balaban J connectivity index is 1.67. The first-order valence-electron chi connectivity index (χ1n) is 8.15. The molecule has 1 atom stereocenters. The molecule has 1 aromatic carbocycles. The van der Waals surface area contributed by atoms with Gasteiger partial charge in [-0.25, -0.2) is 0 Å². The molecule has 1 amide bonds. The molecule has 0 spiro atoms. The van der Waals surface area contributed by atoms with Crippen LogP contribution in [0.1, 0.15) is 45.6 Å². The first-order chi connectivity index (χ1) is 10.5. The van der Waals surface area contributed by atoms with E-state index in [1.54, 1.807) is 0 Å². The highest BCUT2D eigenvalue weighted by atomic mass is 16.5. The molecule has 0 aromatic heterocycles. The largest absolute Gasteiger partial charge is 0.494 e. The van der Waals surface area contributed by atoms with Gasteiger partial charge >= 0.3 is 0 Å². The van der Waals surface area contributed by atoms with Crippen molar-refractivity contribution in [3.8, 4) is 5.75 Å². The summed E-state index contributed by atoms with van der Waals surface area (Å²) < 4.78 is 11.3. The van der Waals surface area contributed by atoms with Crippen molar-refractivity contribution < 1.29 is 14.3 Å². The Labute approximate surface area is 133 Å². The lowest BCUT2D eigenvalue weighted by Gasteiger charge is -2.19. The molecule has 22 heavy (non-hydrogen) atoms. The summed E-state index contributed by atoms with van der Waals surface area (Å²) >= 11 is 0. The quantitative estimate of drug-likeness (QED) is 0.842. The Hall–Kier alpha value is -1.55. The summed E-state index contributed by atoms with van der Waals surface area (Å²) in [6, 6.07) is 7.93. The van der Waals surface area contributed by atoms with Gasteiger partial charge < -0.3 is 14.8 Å². The van der Waals surface area contributed by atoms with Gasteiger partial charge in [-0.05, 0) is 57.7 Å². The van der Waals surface area contributed by atoms with E-state index >= 15 is 0 Å². The molecule has 1 aliphatic rings. The van der Waals surface area contributed by atoms with Crippen LogP contribution in [0.2, 0.25) is 0 Å². The van der Waals surface area contributed by atoms with Crippen molar-refractivity contribution in [3.63, 3.8) is 0 Å². The predicted octanol–water partition coefficient (Wildman–Crippen LogP) is 3.09. The summed E-state index contributed by atoms with van der Waals surface area (Å²) in [5.41, 5.74) is 1.11. The number of amides is 1. The number of rotatable bonds is 7. The fourth-order valence-corrected chi connectivity index (χ4v) is 2.71. The summed E-state index contributed by atoms with van der Waals surface area (Å²) in [7, 11) is 0. The molecule has 2 rings (SSSR count). The molecule has 1 fully saturated rings. The van der Waals surface area contributed by atoms with Crippen molar-refractivity contribution in [2.24, 2.45) is 0 Å². The summed E-state index contributed by atoms with van der Waals surface area (Å²) in [5, 5.41) is 2.98. The van der Waals surface area contributed by atoms with E-state index in [4.69, 9.17) is 9.47 Å². The molecule has 0 radical (unpaired) electrons. The van der Waals surface area contributed by atoms with Crippen LogP contribution >= 0.6 is 0 Å². The minimum absolute atomic E-state index is 0.0439. The average molecular weight is 305 g/mol. The van der Waals surface area contributed by atoms with Crippen molar-refractivity contribution >= 4 is 5.91 Å². The topological polar surface area (TPSA) is 47.6 Å². The molecule has 1 saturated heterocycles. The molecule has 0 bridgehead atoms. The minimum Gasteiger partial charge on any atom is -0.494 e. The van der Waals surface area contributed by atoms with Gasteiger partial charge in [-0.3, -0.25) is 4.79 Å². The number of nitrogens with one attached hydrogen (secondary N) is 1. The molecule has 0 saturated carbocycles. The fourth-order valence-electron chi connectivity index (χ4n) is 2.71. The van der Waals surface area contributed by atoms with Gasteiger partial charge in [0, 0.05) is 13.0 Å². The van der Waals surface area contributed by atoms with E-state index in [9.17, 15) is 4.79 Å². The monoisotopic (exact) mass is 305 g/mol. The maximum Gasteiger partial charge on any atom is 0.220 e. The van der Waals surface area contributed by atoms with Gasteiger partial charge in [0.15, 0.2) is 0 Å². The van der Waals surface area contributed by atoms with Crippen LogP contribution in [0, 0.1) is 0 Å². The lowest BCUT2D eigenvalue weighted by atomic mass is 10.1. The number of hydrogen-bond acceptors (Lipinski definition) is 3. The van der Waals surface area contributed by atoms with E-state index in [-0.39, 0.29) is 17.6 Å². The molecule has 0 unspecified atom stereocenters. The Morgan fingerprint density at radius 1 is 1.36 bits per heavy atom. The van der Waals surface area contributed by atoms with E-state index in [2.05, 4.69) is 19.2 Å². The van der Waals surface area contributed by atoms with Crippen LogP contribution in [-0.2, 0) is 16.0 Å². The molecule has 1 heterocycles. The summed E-state index contributed by atoms with van der Waals surface area (Å²) in [4.78, 5) is 11.9. The maximum atomic E-state index is 11.9. The number of carbonyl (C=O) groups excluding carboxylic acids is 1. The highest BCUT2D eigenvalue weighted by Crippen LogP contribution is 2.28. The van der Waals surface area contributed by atoms with Crippen LogP contribution in [-0.4, -0.2) is 30.8 Å². The zero-order valence-corrected chi connectivity index (χ0v) is 13.9. The van der Waals surface area contributed by atoms with E-state index < -0.39 is 0 Å². The Kier molecular flexibility index (Phi) is 5.83. The van der Waals surface area contributed by atoms with Crippen molar-refractivity contribution in [1.29, 1.82) is 0 Å². The number of aryl methyl sites for hydroxylation is 1. The number of hydrogen-bond donors (Lipinski definition) is 1. The van der Waals surface area contributed by atoms with Gasteiger partial charge in [-0.2, -0.15) is 0 Å². The second kappa shape index (κ2) is 7.63. The summed E-state index contributed by atoms with van der Waals surface area (Å²) in [6.07, 6.45) is 3.48. The van der Waals surface area contributed by atoms with Gasteiger partial charge in [0.25, 0.3) is 0 Å². The number of carbonyl (C=O) groups is 1. The minimum atomic E-state index is -0.0439. The molecule has 122 valence electrons. The van der Waals surface area contributed by atoms with Crippen LogP contribution in [0.4, 0.5) is 0 Å². The lowest BCUT2D eigenvalue weighted by Crippen LogP contribution is -2.33. The van der Waals surface area contributed by atoms with Crippen LogP contribution in [0.5, 0.6) is 5.75 Å². The standard InChI is InChI=1S/C18H27NO3/c1-4-21-15-8-5-14(6-9-15)7-10-17(20)19-13-16-11-12-18(2,3)22-16/h5-6,8-9,16H,4,7,10-13H2,1-3H3,(H,19,20)/t16-/m0/s1. The van der Waals surface area contributed by atoms with Gasteiger partial charge in [0.05, 0.1) is 18.3 Å². The Bertz CT molecular complexity index is 482. The molecule has 4 nitrogen and oxygen atoms in total. The highest BCUT2D eigenvalue weighted by molar-refractivity contribution is 5.76. The first kappa shape index (κ1) is 16.8.